The Labute approximate surface area is 117 Å². The van der Waals surface area contributed by atoms with Crippen molar-refractivity contribution >= 4 is 0 Å². The Bertz CT molecular complexity index is 450. The predicted molar refractivity (Wildman–Crippen MR) is 64.3 cm³/mol. The number of aliphatic hydroxyl groups is 1. The van der Waals surface area contributed by atoms with E-state index < -0.39 is 41.2 Å². The van der Waals surface area contributed by atoms with Gasteiger partial charge in [0.25, 0.3) is 0 Å². The summed E-state index contributed by atoms with van der Waals surface area (Å²) in [5.74, 6) is 0. The van der Waals surface area contributed by atoms with Crippen LogP contribution in [0.1, 0.15) is 42.6 Å². The summed E-state index contributed by atoms with van der Waals surface area (Å²) in [6, 6.07) is 0.546. The van der Waals surface area contributed by atoms with Crippen LogP contribution in [0.4, 0.5) is 26.3 Å². The first kappa shape index (κ1) is 17.8. The van der Waals surface area contributed by atoms with E-state index >= 15 is 0 Å². The molecule has 0 fully saturated rings. The lowest BCUT2D eigenvalue weighted by molar-refractivity contribution is -0.143. The molecule has 8 heteroatoms. The van der Waals surface area contributed by atoms with Crippen molar-refractivity contribution < 1.29 is 31.4 Å². The second-order valence-electron chi connectivity index (χ2n) is 4.76. The number of hydrogen-bond donors (Lipinski definition) is 2. The molecule has 0 radical (unpaired) electrons. The molecule has 0 spiro atoms. The van der Waals surface area contributed by atoms with E-state index in [2.05, 4.69) is 0 Å². The summed E-state index contributed by atoms with van der Waals surface area (Å²) in [7, 11) is 0. The predicted octanol–water partition coefficient (Wildman–Crippen LogP) is 3.89. The van der Waals surface area contributed by atoms with Crippen molar-refractivity contribution in [2.45, 2.75) is 44.3 Å². The molecule has 1 aromatic rings. The maximum atomic E-state index is 12.7. The third-order valence-electron chi connectivity index (χ3n) is 3.05. The van der Waals surface area contributed by atoms with Gasteiger partial charge in [0.1, 0.15) is 0 Å². The minimum atomic E-state index is -4.93. The van der Waals surface area contributed by atoms with Gasteiger partial charge in [-0.05, 0) is 36.6 Å². The largest absolute Gasteiger partial charge is 0.416 e. The fourth-order valence-corrected chi connectivity index (χ4v) is 1.76. The van der Waals surface area contributed by atoms with Crippen molar-refractivity contribution in [3.63, 3.8) is 0 Å². The standard InChI is InChI=1S/C13H15F6NO/c1-2-10(20)6-11(21)7-3-8(12(14,15)16)5-9(4-7)13(17,18)19/h3-5,10-11,21H,2,6,20H2,1H3. The van der Waals surface area contributed by atoms with E-state index in [1.807, 2.05) is 0 Å². The molecule has 0 saturated carbocycles. The van der Waals surface area contributed by atoms with E-state index in [0.29, 0.717) is 18.6 Å². The summed E-state index contributed by atoms with van der Waals surface area (Å²) in [6.45, 7) is 1.70. The molecular formula is C13H15F6NO. The number of halogens is 6. The molecule has 0 aliphatic carbocycles. The molecule has 2 atom stereocenters. The number of aliphatic hydroxyl groups excluding tert-OH is 1. The molecule has 3 N–H and O–H groups in total. The molecule has 1 aromatic carbocycles. The highest BCUT2D eigenvalue weighted by molar-refractivity contribution is 5.34. The molecule has 120 valence electrons. The van der Waals surface area contributed by atoms with E-state index in [0.717, 1.165) is 0 Å². The molecule has 1 rings (SSSR count). The Morgan fingerprint density at radius 3 is 1.76 bits per heavy atom. The van der Waals surface area contributed by atoms with Gasteiger partial charge in [0, 0.05) is 6.04 Å². The number of nitrogens with two attached hydrogens (primary N) is 1. The van der Waals surface area contributed by atoms with E-state index in [1.165, 1.54) is 0 Å². The third-order valence-corrected chi connectivity index (χ3v) is 3.05. The van der Waals surface area contributed by atoms with Gasteiger partial charge in [-0.3, -0.25) is 0 Å². The van der Waals surface area contributed by atoms with Crippen LogP contribution < -0.4 is 5.73 Å². The molecule has 2 unspecified atom stereocenters. The van der Waals surface area contributed by atoms with Crippen LogP contribution >= 0.6 is 0 Å². The fraction of sp³-hybridized carbons (Fsp3) is 0.538. The van der Waals surface area contributed by atoms with Crippen molar-refractivity contribution in [2.24, 2.45) is 5.73 Å². The Morgan fingerprint density at radius 2 is 1.43 bits per heavy atom. The van der Waals surface area contributed by atoms with E-state index in [9.17, 15) is 31.4 Å². The monoisotopic (exact) mass is 315 g/mol. The zero-order valence-corrected chi connectivity index (χ0v) is 11.1. The summed E-state index contributed by atoms with van der Waals surface area (Å²) < 4.78 is 75.9. The number of hydrogen-bond acceptors (Lipinski definition) is 2. The van der Waals surface area contributed by atoms with Crippen LogP contribution in [0.2, 0.25) is 0 Å². The van der Waals surface area contributed by atoms with Gasteiger partial charge in [-0.15, -0.1) is 0 Å². The smallest absolute Gasteiger partial charge is 0.388 e. The SMILES string of the molecule is CCC(N)CC(O)c1cc(C(F)(F)F)cc(C(F)(F)F)c1. The van der Waals surface area contributed by atoms with Gasteiger partial charge in [0.15, 0.2) is 0 Å². The van der Waals surface area contributed by atoms with Crippen LogP contribution in [0.3, 0.4) is 0 Å². The highest BCUT2D eigenvalue weighted by Crippen LogP contribution is 2.37. The molecule has 0 amide bonds. The van der Waals surface area contributed by atoms with Crippen molar-refractivity contribution in [2.75, 3.05) is 0 Å². The first-order valence-corrected chi connectivity index (χ1v) is 6.18. The fourth-order valence-electron chi connectivity index (χ4n) is 1.76. The minimum absolute atomic E-state index is 0.0238. The summed E-state index contributed by atoms with van der Waals surface area (Å²) >= 11 is 0. The van der Waals surface area contributed by atoms with Crippen LogP contribution in [-0.4, -0.2) is 11.1 Å². The van der Waals surface area contributed by atoms with Gasteiger partial charge in [-0.2, -0.15) is 26.3 Å². The van der Waals surface area contributed by atoms with Gasteiger partial charge in [0.05, 0.1) is 17.2 Å². The lowest BCUT2D eigenvalue weighted by Crippen LogP contribution is -2.22. The first-order chi connectivity index (χ1) is 9.45. The van der Waals surface area contributed by atoms with Gasteiger partial charge in [0.2, 0.25) is 0 Å². The normalized spacial score (nSPS) is 15.9. The number of alkyl halides is 6. The second kappa shape index (κ2) is 6.23. The van der Waals surface area contributed by atoms with Crippen LogP contribution in [0.15, 0.2) is 18.2 Å². The zero-order valence-electron chi connectivity index (χ0n) is 11.1. The summed E-state index contributed by atoms with van der Waals surface area (Å²) in [4.78, 5) is 0. The Balaban J connectivity index is 3.25. The topological polar surface area (TPSA) is 46.2 Å². The third kappa shape index (κ3) is 4.89. The molecule has 0 saturated heterocycles. The average Bonchev–Trinajstić information content (AvgIpc) is 2.35. The highest BCUT2D eigenvalue weighted by atomic mass is 19.4. The van der Waals surface area contributed by atoms with Crippen molar-refractivity contribution in [1.29, 1.82) is 0 Å². The molecule has 2 nitrogen and oxygen atoms in total. The van der Waals surface area contributed by atoms with Crippen molar-refractivity contribution in [3.8, 4) is 0 Å². The molecule has 0 heterocycles. The average molecular weight is 315 g/mol. The molecule has 0 aromatic heterocycles. The van der Waals surface area contributed by atoms with Crippen LogP contribution in [0, 0.1) is 0 Å². The Kier molecular flexibility index (Phi) is 5.27. The van der Waals surface area contributed by atoms with Crippen molar-refractivity contribution in [3.05, 3.63) is 34.9 Å². The van der Waals surface area contributed by atoms with E-state index in [-0.39, 0.29) is 12.5 Å². The van der Waals surface area contributed by atoms with Crippen LogP contribution in [0.5, 0.6) is 0 Å². The van der Waals surface area contributed by atoms with Gasteiger partial charge >= 0.3 is 12.4 Å². The zero-order chi connectivity index (χ0) is 16.4. The van der Waals surface area contributed by atoms with Crippen LogP contribution in [0.25, 0.3) is 0 Å². The molecule has 0 aliphatic rings. The maximum absolute atomic E-state index is 12.7. The molecular weight excluding hydrogens is 300 g/mol. The maximum Gasteiger partial charge on any atom is 0.416 e. The lowest BCUT2D eigenvalue weighted by atomic mass is 9.96. The molecule has 0 bridgehead atoms. The van der Waals surface area contributed by atoms with E-state index in [1.54, 1.807) is 6.92 Å². The van der Waals surface area contributed by atoms with Gasteiger partial charge in [-0.25, -0.2) is 0 Å². The van der Waals surface area contributed by atoms with Gasteiger partial charge in [-0.1, -0.05) is 6.92 Å². The summed E-state index contributed by atoms with van der Waals surface area (Å²) in [5, 5.41) is 9.79. The quantitative estimate of drug-likeness (QED) is 0.828. The van der Waals surface area contributed by atoms with E-state index in [4.69, 9.17) is 5.73 Å². The van der Waals surface area contributed by atoms with Crippen molar-refractivity contribution in [1.82, 2.24) is 0 Å². The number of benzene rings is 1. The lowest BCUT2D eigenvalue weighted by Gasteiger charge is -2.19. The van der Waals surface area contributed by atoms with Crippen LogP contribution in [-0.2, 0) is 12.4 Å². The first-order valence-electron chi connectivity index (χ1n) is 6.18. The molecule has 21 heavy (non-hydrogen) atoms. The second-order valence-corrected chi connectivity index (χ2v) is 4.76. The highest BCUT2D eigenvalue weighted by Gasteiger charge is 2.37. The number of rotatable bonds is 4. The Morgan fingerprint density at radius 1 is 1.00 bits per heavy atom. The summed E-state index contributed by atoms with van der Waals surface area (Å²) in [5.41, 5.74) is 2.22. The Hall–Kier alpha value is -1.28. The summed E-state index contributed by atoms with van der Waals surface area (Å²) in [6.07, 6.45) is -11.0. The minimum Gasteiger partial charge on any atom is -0.388 e. The molecule has 0 aliphatic heterocycles. The van der Waals surface area contributed by atoms with Gasteiger partial charge < -0.3 is 10.8 Å².